The van der Waals surface area contributed by atoms with E-state index in [1.807, 2.05) is 0 Å². The van der Waals surface area contributed by atoms with Gasteiger partial charge in [-0.2, -0.15) is 0 Å². The van der Waals surface area contributed by atoms with Crippen molar-refractivity contribution in [2.45, 2.75) is 6.92 Å². The van der Waals surface area contributed by atoms with Gasteiger partial charge in [-0.05, 0) is 0 Å². The van der Waals surface area contributed by atoms with Crippen molar-refractivity contribution in [3.8, 4) is 0 Å². The second-order valence-corrected chi connectivity index (χ2v) is 22.9. The molecule has 0 bridgehead atoms. The minimum atomic E-state index is -4.49. The van der Waals surface area contributed by atoms with Crippen molar-refractivity contribution in [1.82, 2.24) is 0 Å². The Morgan fingerprint density at radius 1 is 0.481 bits per heavy atom. The van der Waals surface area contributed by atoms with Crippen LogP contribution in [0.15, 0.2) is 115 Å². The van der Waals surface area contributed by atoms with Gasteiger partial charge in [-0.15, -0.1) is 0 Å². The number of rotatable bonds is 4. The molecule has 0 N–H and O–H groups in total. The van der Waals surface area contributed by atoms with Crippen LogP contribution >= 0.6 is 8.83 Å². The van der Waals surface area contributed by atoms with Gasteiger partial charge in [-0.25, -0.2) is 0 Å². The van der Waals surface area contributed by atoms with Crippen molar-refractivity contribution in [3.05, 3.63) is 121 Å². The normalized spacial score (nSPS) is 12.9. The van der Waals surface area contributed by atoms with Crippen molar-refractivity contribution in [1.29, 1.82) is 0 Å². The zero-order valence-corrected chi connectivity index (χ0v) is 18.6. The number of halogens is 1. The van der Waals surface area contributed by atoms with E-state index in [1.165, 1.54) is 19.6 Å². The second kappa shape index (κ2) is 7.19. The van der Waals surface area contributed by atoms with Crippen molar-refractivity contribution in [2.75, 3.05) is 0 Å². The Hall–Kier alpha value is -2.01. The summed E-state index contributed by atoms with van der Waals surface area (Å²) in [5.74, 6) is 0. The molecule has 0 aliphatic carbocycles. The zero-order valence-electron chi connectivity index (χ0n) is 15.3. The van der Waals surface area contributed by atoms with Gasteiger partial charge in [-0.1, -0.05) is 0 Å². The summed E-state index contributed by atoms with van der Waals surface area (Å²) in [6, 6.07) is 40.7. The second-order valence-electron chi connectivity index (χ2n) is 6.80. The maximum atomic E-state index is 8.21. The molecule has 4 aromatic carbocycles. The summed E-state index contributed by atoms with van der Waals surface area (Å²) < 4.78 is 4.98. The van der Waals surface area contributed by atoms with Gasteiger partial charge in [0.2, 0.25) is 0 Å². The fourth-order valence-electron chi connectivity index (χ4n) is 4.02. The topological polar surface area (TPSA) is 0 Å². The van der Waals surface area contributed by atoms with Gasteiger partial charge in [0, 0.05) is 0 Å². The summed E-state index contributed by atoms with van der Waals surface area (Å²) in [7, 11) is 8.21. The van der Waals surface area contributed by atoms with E-state index in [0.29, 0.717) is 0 Å². The monoisotopic (exact) mass is 478 g/mol. The SMILES string of the molecule is Cc1cccc[c]1[Sb]([Cl])([c]1ccccc1)([c]1ccccc1)[c]1ccccc1. The van der Waals surface area contributed by atoms with Gasteiger partial charge in [0.25, 0.3) is 0 Å². The molecule has 0 unspecified atom stereocenters. The Bertz CT molecular complexity index is 944. The molecule has 134 valence electrons. The van der Waals surface area contributed by atoms with Gasteiger partial charge < -0.3 is 0 Å². The molecule has 0 spiro atoms. The quantitative estimate of drug-likeness (QED) is 0.387. The number of aryl methyl sites for hydroxylation is 1. The van der Waals surface area contributed by atoms with Crippen LogP contribution in [0, 0.1) is 6.92 Å². The summed E-state index contributed by atoms with van der Waals surface area (Å²) in [6.45, 7) is 2.18. The van der Waals surface area contributed by atoms with E-state index >= 15 is 0 Å². The molecule has 0 nitrogen and oxygen atoms in total. The molecule has 0 radical (unpaired) electrons. The molecule has 27 heavy (non-hydrogen) atoms. The first-order valence-corrected chi connectivity index (χ1v) is 17.5. The molecule has 0 saturated heterocycles. The van der Waals surface area contributed by atoms with Gasteiger partial charge in [0.1, 0.15) is 0 Å². The van der Waals surface area contributed by atoms with Gasteiger partial charge in [0.05, 0.1) is 0 Å². The van der Waals surface area contributed by atoms with E-state index in [0.717, 1.165) is 0 Å². The Kier molecular flexibility index (Phi) is 4.89. The first-order chi connectivity index (χ1) is 13.2. The van der Waals surface area contributed by atoms with Crippen LogP contribution in [0.25, 0.3) is 0 Å². The van der Waals surface area contributed by atoms with Crippen LogP contribution in [0.1, 0.15) is 5.56 Å². The fraction of sp³-hybridized carbons (Fsp3) is 0.0400. The molecular weight excluding hydrogens is 457 g/mol. The summed E-state index contributed by atoms with van der Waals surface area (Å²) in [5.41, 5.74) is 1.24. The van der Waals surface area contributed by atoms with Crippen LogP contribution in [0.5, 0.6) is 0 Å². The van der Waals surface area contributed by atoms with E-state index in [1.54, 1.807) is 0 Å². The van der Waals surface area contributed by atoms with Gasteiger partial charge in [-0.3, -0.25) is 0 Å². The molecular formula is C25H22ClSb. The molecule has 0 fully saturated rings. The summed E-state index contributed by atoms with van der Waals surface area (Å²) in [5, 5.41) is 0. The first-order valence-electron chi connectivity index (χ1n) is 9.12. The van der Waals surface area contributed by atoms with Crippen molar-refractivity contribution in [3.63, 3.8) is 0 Å². The number of hydrogen-bond donors (Lipinski definition) is 0. The summed E-state index contributed by atoms with van der Waals surface area (Å²) >= 11 is -4.49. The average Bonchev–Trinajstić information content (AvgIpc) is 2.75. The number of benzene rings is 4. The van der Waals surface area contributed by atoms with Crippen molar-refractivity contribution >= 4 is 39.1 Å². The van der Waals surface area contributed by atoms with Crippen LogP contribution in [-0.2, 0) is 0 Å². The maximum absolute atomic E-state index is 8.21. The standard InChI is InChI=1S/C7H7.3C6H5.ClH.Sb/c1-7-5-3-2-4-6-7;3*1-2-4-6-5-3-1;;/h2-5H,1H3;3*1-5H;1H;/q;;;;;+1/p-1. The van der Waals surface area contributed by atoms with Crippen molar-refractivity contribution < 1.29 is 0 Å². The first kappa shape index (κ1) is 18.4. The Morgan fingerprint density at radius 3 is 1.19 bits per heavy atom. The van der Waals surface area contributed by atoms with E-state index in [9.17, 15) is 0 Å². The third-order valence-corrected chi connectivity index (χ3v) is 25.3. The third kappa shape index (κ3) is 2.75. The molecule has 0 amide bonds. The average molecular weight is 480 g/mol. The molecule has 0 heterocycles. The van der Waals surface area contributed by atoms with E-state index in [2.05, 4.69) is 122 Å². The predicted octanol–water partition coefficient (Wildman–Crippen LogP) is 4.06. The van der Waals surface area contributed by atoms with Crippen LogP contribution in [0.4, 0.5) is 0 Å². The number of hydrogen-bond acceptors (Lipinski definition) is 0. The molecule has 0 aromatic heterocycles. The van der Waals surface area contributed by atoms with Crippen LogP contribution in [0.3, 0.4) is 0 Å². The van der Waals surface area contributed by atoms with Crippen LogP contribution in [-0.4, -0.2) is 16.3 Å². The molecule has 0 atom stereocenters. The predicted molar refractivity (Wildman–Crippen MR) is 121 cm³/mol. The molecule has 0 saturated carbocycles. The molecule has 4 aromatic rings. The Morgan fingerprint density at radius 2 is 0.815 bits per heavy atom. The molecule has 4 rings (SSSR count). The fourth-order valence-corrected chi connectivity index (χ4v) is 21.9. The van der Waals surface area contributed by atoms with Crippen LogP contribution in [0.2, 0.25) is 0 Å². The van der Waals surface area contributed by atoms with Gasteiger partial charge in [0.15, 0.2) is 0 Å². The molecule has 0 aliphatic rings. The van der Waals surface area contributed by atoms with Crippen molar-refractivity contribution in [2.24, 2.45) is 0 Å². The summed E-state index contributed by atoms with van der Waals surface area (Å²) in [6.07, 6.45) is 0. The Labute approximate surface area is 166 Å². The van der Waals surface area contributed by atoms with Gasteiger partial charge >= 0.3 is 167 Å². The molecule has 0 aliphatic heterocycles. The van der Waals surface area contributed by atoms with E-state index in [-0.39, 0.29) is 0 Å². The van der Waals surface area contributed by atoms with Crippen LogP contribution < -0.4 is 14.0 Å². The van der Waals surface area contributed by atoms with E-state index in [4.69, 9.17) is 8.83 Å². The molecule has 2 heteroatoms. The van der Waals surface area contributed by atoms with E-state index < -0.39 is 16.3 Å². The third-order valence-electron chi connectivity index (χ3n) is 5.29. The Balaban J connectivity index is 2.26. The summed E-state index contributed by atoms with van der Waals surface area (Å²) in [4.78, 5) is 0. The minimum absolute atomic E-state index is 1.23. The zero-order chi connectivity index (χ0) is 18.8.